The molecule has 3 aromatic rings. The number of hydrogen-bond acceptors (Lipinski definition) is 6. The number of aromatic amines is 1. The Hall–Kier alpha value is -2.42. The lowest BCUT2D eigenvalue weighted by atomic mass is 9.86. The average molecular weight is 568 g/mol. The van der Waals surface area contributed by atoms with Crippen LogP contribution in [-0.2, 0) is 15.6 Å². The van der Waals surface area contributed by atoms with Crippen LogP contribution in [0.25, 0.3) is 21.3 Å². The van der Waals surface area contributed by atoms with Crippen molar-refractivity contribution < 1.29 is 18.7 Å². The summed E-state index contributed by atoms with van der Waals surface area (Å²) in [5, 5.41) is 0.607. The van der Waals surface area contributed by atoms with E-state index in [9.17, 15) is 9.59 Å². The first-order chi connectivity index (χ1) is 18.4. The molecule has 2 aliphatic carbocycles. The number of fused-ring (bicyclic) bond motifs is 2. The summed E-state index contributed by atoms with van der Waals surface area (Å²) in [5.41, 5.74) is 3.81. The van der Waals surface area contributed by atoms with Gasteiger partial charge in [-0.15, -0.1) is 11.3 Å². The SMILES string of the molecule is CCOC(=O)c1c[nH]c2c(OC)c(-c3cc4c(s3)CCC(C)C4O[Si](C)(C)C(C)(C)C)c(C3CC3)cc2c1=O. The molecule has 0 bridgehead atoms. The van der Waals surface area contributed by atoms with E-state index in [0.29, 0.717) is 28.5 Å². The standard InChI is InChI=1S/C31H41NO5SSi/c1-9-36-30(34)22-16-32-26-21(27(22)33)14-19(18-11-12-18)25(29(26)35-6)24-15-20-23(38-24)13-10-17(2)28(20)37-39(7,8)31(3,4)5/h14-18,28H,9-13H2,1-8H3,(H,32,33). The number of pyridine rings is 1. The smallest absolute Gasteiger partial charge is 0.343 e. The number of ether oxygens (including phenoxy) is 2. The van der Waals surface area contributed by atoms with Crippen LogP contribution in [0.2, 0.25) is 18.1 Å². The molecule has 0 amide bonds. The second-order valence-corrected chi connectivity index (χ2v) is 18.5. The van der Waals surface area contributed by atoms with Gasteiger partial charge in [0.25, 0.3) is 0 Å². The largest absolute Gasteiger partial charge is 0.494 e. The molecule has 1 N–H and O–H groups in total. The molecule has 2 aromatic heterocycles. The summed E-state index contributed by atoms with van der Waals surface area (Å²) in [6.45, 7) is 15.8. The van der Waals surface area contributed by atoms with Crippen molar-refractivity contribution in [2.24, 2.45) is 5.92 Å². The number of H-pyrrole nitrogens is 1. The topological polar surface area (TPSA) is 77.6 Å². The van der Waals surface area contributed by atoms with Crippen molar-refractivity contribution in [3.63, 3.8) is 0 Å². The van der Waals surface area contributed by atoms with E-state index in [1.54, 1.807) is 14.0 Å². The third-order valence-corrected chi connectivity index (χ3v) is 14.5. The Morgan fingerprint density at radius 1 is 1.15 bits per heavy atom. The number of methoxy groups -OCH3 is 1. The summed E-state index contributed by atoms with van der Waals surface area (Å²) in [7, 11) is -0.312. The number of hydrogen-bond donors (Lipinski definition) is 1. The molecule has 0 spiro atoms. The van der Waals surface area contributed by atoms with Gasteiger partial charge in [-0.2, -0.15) is 0 Å². The quantitative estimate of drug-likeness (QED) is 0.231. The molecule has 2 atom stereocenters. The number of carbonyl (C=O) groups excluding carboxylic acids is 1. The molecule has 0 saturated heterocycles. The monoisotopic (exact) mass is 567 g/mol. The first-order valence-electron chi connectivity index (χ1n) is 14.1. The van der Waals surface area contributed by atoms with Gasteiger partial charge in [-0.05, 0) is 85.8 Å². The Kier molecular flexibility index (Phi) is 7.35. The van der Waals surface area contributed by atoms with Crippen LogP contribution >= 0.6 is 11.3 Å². The maximum Gasteiger partial charge on any atom is 0.343 e. The molecule has 1 aromatic carbocycles. The summed E-state index contributed by atoms with van der Waals surface area (Å²) in [6, 6.07) is 4.31. The van der Waals surface area contributed by atoms with Crippen molar-refractivity contribution in [2.45, 2.75) is 90.5 Å². The van der Waals surface area contributed by atoms with Gasteiger partial charge in [-0.1, -0.05) is 27.7 Å². The van der Waals surface area contributed by atoms with E-state index in [-0.39, 0.29) is 28.7 Å². The molecular formula is C31H41NO5SSi. The van der Waals surface area contributed by atoms with Gasteiger partial charge >= 0.3 is 5.97 Å². The summed E-state index contributed by atoms with van der Waals surface area (Å²) in [6.07, 6.45) is 5.86. The summed E-state index contributed by atoms with van der Waals surface area (Å²) in [4.78, 5) is 31.6. The highest BCUT2D eigenvalue weighted by atomic mass is 32.1. The van der Waals surface area contributed by atoms with E-state index in [4.69, 9.17) is 13.9 Å². The fraction of sp³-hybridized carbons (Fsp3) is 0.548. The fourth-order valence-electron chi connectivity index (χ4n) is 5.38. The van der Waals surface area contributed by atoms with Crippen LogP contribution < -0.4 is 10.2 Å². The van der Waals surface area contributed by atoms with Crippen LogP contribution in [0.1, 0.15) is 92.3 Å². The molecule has 2 aliphatic rings. The molecule has 210 valence electrons. The number of esters is 1. The van der Waals surface area contributed by atoms with Gasteiger partial charge < -0.3 is 18.9 Å². The van der Waals surface area contributed by atoms with Gasteiger partial charge in [0.15, 0.2) is 14.1 Å². The Bertz CT molecular complexity index is 1480. The van der Waals surface area contributed by atoms with Crippen LogP contribution in [-0.4, -0.2) is 33.0 Å². The molecule has 6 nitrogen and oxygen atoms in total. The third-order valence-electron chi connectivity index (χ3n) is 8.84. The highest BCUT2D eigenvalue weighted by molar-refractivity contribution is 7.15. The second kappa shape index (κ2) is 10.2. The number of nitrogens with one attached hydrogen (secondary N) is 1. The van der Waals surface area contributed by atoms with Gasteiger partial charge in [-0.25, -0.2) is 4.79 Å². The second-order valence-electron chi connectivity index (χ2n) is 12.6. The predicted molar refractivity (Wildman–Crippen MR) is 161 cm³/mol. The number of carbonyl (C=O) groups is 1. The number of aromatic nitrogens is 1. The van der Waals surface area contributed by atoms with E-state index in [1.165, 1.54) is 16.6 Å². The number of rotatable bonds is 7. The molecule has 0 radical (unpaired) electrons. The van der Waals surface area contributed by atoms with Gasteiger partial charge in [0.1, 0.15) is 5.56 Å². The first kappa shape index (κ1) is 28.1. The van der Waals surface area contributed by atoms with Crippen molar-refractivity contribution >= 4 is 36.5 Å². The van der Waals surface area contributed by atoms with Gasteiger partial charge in [0.05, 0.1) is 30.7 Å². The van der Waals surface area contributed by atoms with E-state index in [1.807, 2.05) is 17.4 Å². The first-order valence-corrected chi connectivity index (χ1v) is 17.8. The van der Waals surface area contributed by atoms with Crippen molar-refractivity contribution in [3.8, 4) is 16.2 Å². The Balaban J connectivity index is 1.67. The Labute approximate surface area is 236 Å². The number of benzene rings is 1. The maximum atomic E-state index is 13.4. The zero-order chi connectivity index (χ0) is 28.3. The van der Waals surface area contributed by atoms with Crippen molar-refractivity contribution in [3.05, 3.63) is 50.1 Å². The minimum absolute atomic E-state index is 0.0205. The van der Waals surface area contributed by atoms with Crippen LogP contribution in [0.5, 0.6) is 5.75 Å². The molecule has 39 heavy (non-hydrogen) atoms. The summed E-state index contributed by atoms with van der Waals surface area (Å²) < 4.78 is 18.2. The molecule has 2 heterocycles. The van der Waals surface area contributed by atoms with Crippen molar-refractivity contribution in [1.82, 2.24) is 4.98 Å². The molecule has 1 saturated carbocycles. The zero-order valence-electron chi connectivity index (χ0n) is 24.4. The van der Waals surface area contributed by atoms with Gasteiger partial charge in [0, 0.05) is 21.5 Å². The lowest BCUT2D eigenvalue weighted by Gasteiger charge is -2.42. The van der Waals surface area contributed by atoms with Crippen LogP contribution in [0.3, 0.4) is 0 Å². The minimum Gasteiger partial charge on any atom is -0.494 e. The maximum absolute atomic E-state index is 13.4. The highest BCUT2D eigenvalue weighted by Gasteiger charge is 2.42. The van der Waals surface area contributed by atoms with Gasteiger partial charge in [-0.3, -0.25) is 4.79 Å². The molecule has 5 rings (SSSR count). The van der Waals surface area contributed by atoms with E-state index in [0.717, 1.165) is 41.7 Å². The van der Waals surface area contributed by atoms with Gasteiger partial charge in [0.2, 0.25) is 5.43 Å². The lowest BCUT2D eigenvalue weighted by molar-refractivity contribution is 0.0524. The Morgan fingerprint density at radius 3 is 2.49 bits per heavy atom. The summed E-state index contributed by atoms with van der Waals surface area (Å²) in [5.74, 6) is 0.884. The van der Waals surface area contributed by atoms with Crippen LogP contribution in [0.4, 0.5) is 0 Å². The van der Waals surface area contributed by atoms with E-state index < -0.39 is 14.3 Å². The minimum atomic E-state index is -1.97. The highest BCUT2D eigenvalue weighted by Crippen LogP contribution is 2.53. The number of aryl methyl sites for hydroxylation is 1. The molecule has 8 heteroatoms. The molecule has 2 unspecified atom stereocenters. The van der Waals surface area contributed by atoms with E-state index >= 15 is 0 Å². The number of thiophene rings is 1. The zero-order valence-corrected chi connectivity index (χ0v) is 26.3. The normalized spacial score (nSPS) is 19.7. The summed E-state index contributed by atoms with van der Waals surface area (Å²) >= 11 is 1.83. The Morgan fingerprint density at radius 2 is 1.87 bits per heavy atom. The molecular weight excluding hydrogens is 526 g/mol. The average Bonchev–Trinajstić information content (AvgIpc) is 3.63. The fourth-order valence-corrected chi connectivity index (χ4v) is 8.01. The molecule has 1 fully saturated rings. The van der Waals surface area contributed by atoms with Crippen LogP contribution in [0, 0.1) is 5.92 Å². The van der Waals surface area contributed by atoms with Crippen LogP contribution in [0.15, 0.2) is 23.1 Å². The van der Waals surface area contributed by atoms with E-state index in [2.05, 4.69) is 51.8 Å². The third kappa shape index (κ3) is 5.00. The van der Waals surface area contributed by atoms with Crippen molar-refractivity contribution in [2.75, 3.05) is 13.7 Å². The lowest BCUT2D eigenvalue weighted by Crippen LogP contribution is -2.43. The molecule has 0 aliphatic heterocycles. The predicted octanol–water partition coefficient (Wildman–Crippen LogP) is 7.96. The van der Waals surface area contributed by atoms with Crippen molar-refractivity contribution in [1.29, 1.82) is 0 Å².